The molecular weight excluding hydrogens is 580 g/mol. The lowest BCUT2D eigenvalue weighted by Gasteiger charge is -2.25. The third-order valence-corrected chi connectivity index (χ3v) is 7.93. The zero-order valence-corrected chi connectivity index (χ0v) is 30.2. The van der Waals surface area contributed by atoms with E-state index >= 15 is 0 Å². The molecule has 0 aliphatic rings. The molecule has 0 radical (unpaired) electrons. The number of benzene rings is 1. The number of carbonyl (C=O) groups is 1. The molecule has 0 aromatic heterocycles. The van der Waals surface area contributed by atoms with Crippen LogP contribution in [0, 0.1) is 0 Å². The molecule has 0 unspecified atom stereocenters. The minimum atomic E-state index is -1.04. The molecule has 0 amide bonds. The van der Waals surface area contributed by atoms with Crippen molar-refractivity contribution in [1.82, 2.24) is 0 Å². The van der Waals surface area contributed by atoms with Crippen LogP contribution in [0.2, 0.25) is 0 Å². The van der Waals surface area contributed by atoms with Crippen LogP contribution in [0.1, 0.15) is 169 Å². The second-order valence-electron chi connectivity index (χ2n) is 12.3. The molecule has 1 aromatic carbocycles. The number of hydrogen-bond acceptors (Lipinski definition) is 6. The molecule has 1 N–H and O–H groups in total. The molecular formula is C39H68O7. The van der Waals surface area contributed by atoms with Crippen LogP contribution < -0.4 is 23.7 Å². The van der Waals surface area contributed by atoms with Crippen molar-refractivity contribution in [3.8, 4) is 28.7 Å². The van der Waals surface area contributed by atoms with E-state index in [-0.39, 0.29) is 0 Å². The van der Waals surface area contributed by atoms with Gasteiger partial charge in [-0.15, -0.1) is 0 Å². The Bertz CT molecular complexity index is 874. The van der Waals surface area contributed by atoms with Crippen LogP contribution in [-0.4, -0.2) is 44.1 Å². The summed E-state index contributed by atoms with van der Waals surface area (Å²) >= 11 is 0. The van der Waals surface area contributed by atoms with Crippen molar-refractivity contribution < 1.29 is 33.6 Å². The highest BCUT2D eigenvalue weighted by Crippen LogP contribution is 2.55. The molecule has 0 heterocycles. The minimum absolute atomic E-state index is 0.481. The minimum Gasteiger partial charge on any atom is -0.489 e. The Balaban J connectivity index is 3.79. The summed E-state index contributed by atoms with van der Waals surface area (Å²) in [5, 5.41) is 9.68. The van der Waals surface area contributed by atoms with E-state index in [1.807, 2.05) is 0 Å². The van der Waals surface area contributed by atoms with Gasteiger partial charge in [-0.25, -0.2) is 4.79 Å². The lowest BCUT2D eigenvalue weighted by atomic mass is 10.1. The largest absolute Gasteiger partial charge is 0.489 e. The highest BCUT2D eigenvalue weighted by Gasteiger charge is 2.30. The number of carboxylic acids is 1. The van der Waals surface area contributed by atoms with E-state index in [1.165, 1.54) is 0 Å². The zero-order chi connectivity index (χ0) is 33.7. The predicted molar refractivity (Wildman–Crippen MR) is 191 cm³/mol. The van der Waals surface area contributed by atoms with Crippen LogP contribution >= 0.6 is 0 Å². The first-order valence-corrected chi connectivity index (χ1v) is 18.8. The number of hydrogen-bond donors (Lipinski definition) is 1. The Morgan fingerprint density at radius 1 is 0.435 bits per heavy atom. The zero-order valence-electron chi connectivity index (χ0n) is 30.2. The Hall–Kier alpha value is -2.57. The predicted octanol–water partition coefficient (Wildman–Crippen LogP) is 11.6. The maximum absolute atomic E-state index is 11.8. The van der Waals surface area contributed by atoms with Crippen LogP contribution in [0.5, 0.6) is 28.7 Å². The van der Waals surface area contributed by atoms with Gasteiger partial charge >= 0.3 is 5.97 Å². The fraction of sp³-hybridized carbons (Fsp3) is 0.769. The highest BCUT2D eigenvalue weighted by atomic mass is 16.6. The molecule has 0 atom stereocenters. The number of unbranched alkanes of at least 4 members (excludes halogenated alkanes) is 15. The molecule has 0 spiro atoms. The van der Waals surface area contributed by atoms with Gasteiger partial charge in [-0.1, -0.05) is 131 Å². The maximum atomic E-state index is 11.8. The van der Waals surface area contributed by atoms with Crippen LogP contribution in [0.15, 0.2) is 6.08 Å². The molecule has 7 nitrogen and oxygen atoms in total. The molecule has 266 valence electrons. The second-order valence-corrected chi connectivity index (χ2v) is 12.3. The van der Waals surface area contributed by atoms with Gasteiger partial charge in [0.15, 0.2) is 11.5 Å². The van der Waals surface area contributed by atoms with Crippen LogP contribution in [-0.2, 0) is 4.79 Å². The third-order valence-electron chi connectivity index (χ3n) is 7.93. The summed E-state index contributed by atoms with van der Waals surface area (Å²) in [6.45, 7) is 13.5. The van der Waals surface area contributed by atoms with Gasteiger partial charge in [-0.3, -0.25) is 0 Å². The van der Waals surface area contributed by atoms with Gasteiger partial charge < -0.3 is 28.8 Å². The first-order chi connectivity index (χ1) is 22.5. The molecule has 0 aliphatic carbocycles. The fourth-order valence-electron chi connectivity index (χ4n) is 5.16. The van der Waals surface area contributed by atoms with Crippen molar-refractivity contribution in [1.29, 1.82) is 0 Å². The summed E-state index contributed by atoms with van der Waals surface area (Å²) in [7, 11) is 0. The molecule has 0 saturated heterocycles. The Morgan fingerprint density at radius 2 is 0.696 bits per heavy atom. The maximum Gasteiger partial charge on any atom is 0.328 e. The fourth-order valence-corrected chi connectivity index (χ4v) is 5.16. The molecule has 0 saturated carbocycles. The van der Waals surface area contributed by atoms with Gasteiger partial charge in [0.25, 0.3) is 0 Å². The van der Waals surface area contributed by atoms with E-state index in [2.05, 4.69) is 34.6 Å². The summed E-state index contributed by atoms with van der Waals surface area (Å²) in [6, 6.07) is 0. The molecule has 7 heteroatoms. The van der Waals surface area contributed by atoms with E-state index in [4.69, 9.17) is 23.7 Å². The van der Waals surface area contributed by atoms with E-state index in [1.54, 1.807) is 6.08 Å². The summed E-state index contributed by atoms with van der Waals surface area (Å²) in [4.78, 5) is 11.8. The molecule has 0 fully saturated rings. The first-order valence-electron chi connectivity index (χ1n) is 18.8. The molecule has 46 heavy (non-hydrogen) atoms. The third kappa shape index (κ3) is 17.9. The van der Waals surface area contributed by atoms with E-state index < -0.39 is 5.97 Å². The molecule has 1 rings (SSSR count). The lowest BCUT2D eigenvalue weighted by molar-refractivity contribution is -0.131. The standard InChI is InChI=1S/C39H68O7/c1-6-11-16-21-28-42-35-33(26-27-34(40)41)36(43-29-22-17-12-7-2)38(45-31-24-19-14-9-4)39(46-32-25-20-15-10-5)37(35)44-30-23-18-13-8-3/h26-27H,6-25,28-32H2,1-5H3,(H,40,41). The SMILES string of the molecule is CCCCCCOc1c(C=CC(=O)O)c(OCCCCCC)c(OCCCCCC)c(OCCCCCC)c1OCCCCCC. The van der Waals surface area contributed by atoms with Gasteiger partial charge in [0.1, 0.15) is 0 Å². The van der Waals surface area contributed by atoms with Gasteiger partial charge in [0.2, 0.25) is 17.2 Å². The van der Waals surface area contributed by atoms with E-state index in [9.17, 15) is 9.90 Å². The van der Waals surface area contributed by atoms with E-state index in [0.717, 1.165) is 134 Å². The summed E-state index contributed by atoms with van der Waals surface area (Å²) in [5.41, 5.74) is 0.541. The smallest absolute Gasteiger partial charge is 0.328 e. The first kappa shape index (κ1) is 41.5. The molecule has 1 aromatic rings. The van der Waals surface area contributed by atoms with Crippen LogP contribution in [0.3, 0.4) is 0 Å². The summed E-state index contributed by atoms with van der Waals surface area (Å²) < 4.78 is 32.7. The van der Waals surface area contributed by atoms with Crippen molar-refractivity contribution in [2.75, 3.05) is 33.0 Å². The average Bonchev–Trinajstić information content (AvgIpc) is 3.05. The molecule has 0 bridgehead atoms. The summed E-state index contributed by atoms with van der Waals surface area (Å²) in [5.74, 6) is 1.43. The highest BCUT2D eigenvalue weighted by molar-refractivity contribution is 5.89. The van der Waals surface area contributed by atoms with Crippen molar-refractivity contribution in [3.05, 3.63) is 11.6 Å². The number of aliphatic carboxylic acids is 1. The van der Waals surface area contributed by atoms with Crippen molar-refractivity contribution in [2.45, 2.75) is 163 Å². The van der Waals surface area contributed by atoms with Crippen LogP contribution in [0.4, 0.5) is 0 Å². The number of ether oxygens (including phenoxy) is 5. The number of carboxylic acid groups (broad SMARTS) is 1. The monoisotopic (exact) mass is 648 g/mol. The van der Waals surface area contributed by atoms with E-state index in [0.29, 0.717) is 67.3 Å². The van der Waals surface area contributed by atoms with Crippen molar-refractivity contribution in [2.24, 2.45) is 0 Å². The average molecular weight is 649 g/mol. The second kappa shape index (κ2) is 28.6. The van der Waals surface area contributed by atoms with Gasteiger partial charge in [0, 0.05) is 6.08 Å². The molecule has 0 aliphatic heterocycles. The quantitative estimate of drug-likeness (QED) is 0.0614. The Labute approximate surface area is 281 Å². The normalized spacial score (nSPS) is 11.2. The lowest BCUT2D eigenvalue weighted by Crippen LogP contribution is -2.12. The van der Waals surface area contributed by atoms with Crippen molar-refractivity contribution in [3.63, 3.8) is 0 Å². The summed E-state index contributed by atoms with van der Waals surface area (Å²) in [6.07, 6.45) is 24.0. The van der Waals surface area contributed by atoms with Gasteiger partial charge in [0.05, 0.1) is 38.6 Å². The van der Waals surface area contributed by atoms with Crippen LogP contribution in [0.25, 0.3) is 6.08 Å². The van der Waals surface area contributed by atoms with Gasteiger partial charge in [-0.05, 0) is 38.2 Å². The van der Waals surface area contributed by atoms with Crippen molar-refractivity contribution >= 4 is 12.0 Å². The topological polar surface area (TPSA) is 83.5 Å². The van der Waals surface area contributed by atoms with Gasteiger partial charge in [-0.2, -0.15) is 0 Å². The Kier molecular flexibility index (Phi) is 25.8. The number of rotatable bonds is 32. The Morgan fingerprint density at radius 3 is 0.957 bits per heavy atom.